The Bertz CT molecular complexity index is 1800. The number of carbonyl (C=O) groups excluding carboxylic acids is 1. The van der Waals surface area contributed by atoms with Crippen molar-refractivity contribution in [2.75, 3.05) is 31.7 Å². The van der Waals surface area contributed by atoms with Gasteiger partial charge >= 0.3 is 0 Å². The average Bonchev–Trinajstić information content (AvgIpc) is 3.65. The number of likely N-dealkylation sites (tertiary alicyclic amines) is 1. The van der Waals surface area contributed by atoms with Gasteiger partial charge in [0, 0.05) is 42.1 Å². The molecule has 2 aliphatic heterocycles. The van der Waals surface area contributed by atoms with Gasteiger partial charge in [0.25, 0.3) is 5.91 Å². The fraction of sp³-hybridized carbons (Fsp3) is 0.515. The van der Waals surface area contributed by atoms with Gasteiger partial charge in [0.1, 0.15) is 27.3 Å². The maximum Gasteiger partial charge on any atom is 0.254 e. The Hall–Kier alpha value is -3.44. The van der Waals surface area contributed by atoms with E-state index >= 15 is 0 Å². The minimum absolute atomic E-state index is 0.0188. The minimum atomic E-state index is -2.95. The molecule has 2 saturated heterocycles. The zero-order chi connectivity index (χ0) is 30.6. The monoisotopic (exact) mass is 621 g/mol. The number of piperidine rings is 1. The van der Waals surface area contributed by atoms with Gasteiger partial charge in [-0.2, -0.15) is 0 Å². The standard InChI is InChI=1S/C33H40FN5O4S/c1-43-30-16-24(33(40)37-19-25(34)17-26(35)20-37)14-27-31(30)38(11-8-21-9-12-44(41,42)13-10-21)32(36-27)29-15-23-4-2-3-5-28(23)39(29)18-22-6-7-22/h2-5,14-16,21-22,25-26H,6-13,17-20,35H2,1H3/t25-,26-/m1/s1. The number of carbonyl (C=O) groups is 1. The van der Waals surface area contributed by atoms with Gasteiger partial charge in [-0.25, -0.2) is 17.8 Å². The number of nitrogens with zero attached hydrogens (tertiary/aromatic N) is 4. The smallest absolute Gasteiger partial charge is 0.254 e. The van der Waals surface area contributed by atoms with Crippen LogP contribution in [0.2, 0.25) is 0 Å². The Morgan fingerprint density at radius 3 is 2.55 bits per heavy atom. The molecule has 44 heavy (non-hydrogen) atoms. The van der Waals surface area contributed by atoms with Crippen LogP contribution >= 0.6 is 0 Å². The molecule has 234 valence electrons. The highest BCUT2D eigenvalue weighted by Gasteiger charge is 2.31. The molecule has 1 saturated carbocycles. The summed E-state index contributed by atoms with van der Waals surface area (Å²) in [7, 11) is -1.36. The second kappa shape index (κ2) is 11.5. The quantitative estimate of drug-likeness (QED) is 0.303. The molecule has 4 aromatic rings. The number of halogens is 1. The molecule has 9 nitrogen and oxygen atoms in total. The minimum Gasteiger partial charge on any atom is -0.494 e. The molecule has 1 amide bonds. The van der Waals surface area contributed by atoms with E-state index in [-0.39, 0.29) is 30.4 Å². The van der Waals surface area contributed by atoms with Crippen LogP contribution in [0.25, 0.3) is 33.5 Å². The van der Waals surface area contributed by atoms with E-state index in [1.54, 1.807) is 19.2 Å². The lowest BCUT2D eigenvalue weighted by Crippen LogP contribution is -2.50. The number of imidazole rings is 1. The fourth-order valence-corrected chi connectivity index (χ4v) is 8.62. The molecule has 3 aliphatic rings. The number of alkyl halides is 1. The van der Waals surface area contributed by atoms with Crippen LogP contribution in [-0.2, 0) is 22.9 Å². The number of fused-ring (bicyclic) bond motifs is 2. The zero-order valence-corrected chi connectivity index (χ0v) is 25.9. The van der Waals surface area contributed by atoms with E-state index in [0.29, 0.717) is 54.6 Å². The number of benzene rings is 2. The molecule has 0 radical (unpaired) electrons. The number of methoxy groups -OCH3 is 1. The molecule has 0 spiro atoms. The summed E-state index contributed by atoms with van der Waals surface area (Å²) in [6, 6.07) is 13.7. The van der Waals surface area contributed by atoms with Crippen LogP contribution in [0.5, 0.6) is 5.75 Å². The number of rotatable bonds is 8. The third-order valence-electron chi connectivity index (χ3n) is 9.61. The highest BCUT2D eigenvalue weighted by molar-refractivity contribution is 7.91. The molecule has 4 heterocycles. The first-order valence-electron chi connectivity index (χ1n) is 15.8. The number of para-hydroxylation sites is 1. The number of amides is 1. The molecular formula is C33H40FN5O4S. The van der Waals surface area contributed by atoms with Crippen molar-refractivity contribution < 1.29 is 22.3 Å². The number of hydrogen-bond donors (Lipinski definition) is 1. The Kier molecular flexibility index (Phi) is 7.64. The first-order valence-corrected chi connectivity index (χ1v) is 17.6. The zero-order valence-electron chi connectivity index (χ0n) is 25.1. The van der Waals surface area contributed by atoms with Crippen LogP contribution < -0.4 is 10.5 Å². The normalized spacial score (nSPS) is 22.6. The van der Waals surface area contributed by atoms with Gasteiger partial charge in [-0.3, -0.25) is 4.79 Å². The Balaban J connectivity index is 1.33. The van der Waals surface area contributed by atoms with Crippen LogP contribution in [0.3, 0.4) is 0 Å². The lowest BCUT2D eigenvalue weighted by Gasteiger charge is -2.33. The van der Waals surface area contributed by atoms with Gasteiger partial charge in [-0.15, -0.1) is 0 Å². The van der Waals surface area contributed by atoms with Gasteiger partial charge in [-0.05, 0) is 74.6 Å². The second-order valence-electron chi connectivity index (χ2n) is 13.0. The molecule has 7 rings (SSSR count). The number of sulfone groups is 1. The van der Waals surface area contributed by atoms with Gasteiger partial charge in [-0.1, -0.05) is 18.2 Å². The number of aryl methyl sites for hydroxylation is 1. The Morgan fingerprint density at radius 2 is 1.82 bits per heavy atom. The maximum atomic E-state index is 14.4. The van der Waals surface area contributed by atoms with E-state index in [1.165, 1.54) is 17.7 Å². The highest BCUT2D eigenvalue weighted by atomic mass is 32.2. The summed E-state index contributed by atoms with van der Waals surface area (Å²) in [6.07, 6.45) is 3.66. The van der Waals surface area contributed by atoms with E-state index in [1.807, 2.05) is 6.07 Å². The number of aromatic nitrogens is 3. The van der Waals surface area contributed by atoms with Crippen molar-refractivity contribution in [3.63, 3.8) is 0 Å². The van der Waals surface area contributed by atoms with Gasteiger partial charge in [0.15, 0.2) is 5.82 Å². The predicted molar refractivity (Wildman–Crippen MR) is 169 cm³/mol. The SMILES string of the molecule is COc1cc(C(=O)N2C[C@H](N)C[C@@H](F)C2)cc2nc(-c3cc4ccccc4n3CC3CC3)n(CCC3CCS(=O)(=O)CC3)c12. The summed E-state index contributed by atoms with van der Waals surface area (Å²) in [5.41, 5.74) is 10.0. The van der Waals surface area contributed by atoms with Crippen molar-refractivity contribution >= 4 is 37.7 Å². The number of ether oxygens (including phenoxy) is 1. The third kappa shape index (κ3) is 5.72. The second-order valence-corrected chi connectivity index (χ2v) is 15.3. The molecule has 2 atom stereocenters. The maximum absolute atomic E-state index is 14.4. The largest absolute Gasteiger partial charge is 0.494 e. The highest BCUT2D eigenvalue weighted by Crippen LogP contribution is 2.39. The topological polar surface area (TPSA) is 112 Å². The van der Waals surface area contributed by atoms with E-state index in [9.17, 15) is 17.6 Å². The average molecular weight is 622 g/mol. The summed E-state index contributed by atoms with van der Waals surface area (Å²) in [5, 5.41) is 1.14. The Labute approximate surface area is 257 Å². The molecule has 2 aromatic carbocycles. The Morgan fingerprint density at radius 1 is 1.05 bits per heavy atom. The van der Waals surface area contributed by atoms with Crippen LogP contribution in [0.15, 0.2) is 42.5 Å². The van der Waals surface area contributed by atoms with E-state index in [0.717, 1.165) is 40.9 Å². The molecular weight excluding hydrogens is 581 g/mol. The summed E-state index contributed by atoms with van der Waals surface area (Å²) >= 11 is 0. The molecule has 11 heteroatoms. The molecule has 0 bridgehead atoms. The van der Waals surface area contributed by atoms with Crippen LogP contribution in [-0.4, -0.2) is 77.3 Å². The molecule has 1 aliphatic carbocycles. The van der Waals surface area contributed by atoms with Crippen molar-refractivity contribution in [1.29, 1.82) is 0 Å². The molecule has 2 N–H and O–H groups in total. The third-order valence-corrected chi connectivity index (χ3v) is 11.3. The van der Waals surface area contributed by atoms with Gasteiger partial charge in [0.05, 0.1) is 36.4 Å². The van der Waals surface area contributed by atoms with E-state index < -0.39 is 22.1 Å². The molecule has 0 unspecified atom stereocenters. The summed E-state index contributed by atoms with van der Waals surface area (Å²) in [6.45, 7) is 1.87. The van der Waals surface area contributed by atoms with Crippen molar-refractivity contribution in [2.45, 2.75) is 63.8 Å². The van der Waals surface area contributed by atoms with Crippen LogP contribution in [0.1, 0.15) is 48.9 Å². The predicted octanol–water partition coefficient (Wildman–Crippen LogP) is 4.80. The molecule has 2 aromatic heterocycles. The number of hydrogen-bond acceptors (Lipinski definition) is 6. The van der Waals surface area contributed by atoms with Crippen LogP contribution in [0, 0.1) is 11.8 Å². The summed E-state index contributed by atoms with van der Waals surface area (Å²) in [5.74, 6) is 2.45. The fourth-order valence-electron chi connectivity index (χ4n) is 7.04. The van der Waals surface area contributed by atoms with E-state index in [2.05, 4.69) is 33.4 Å². The van der Waals surface area contributed by atoms with Crippen molar-refractivity contribution in [3.05, 3.63) is 48.0 Å². The van der Waals surface area contributed by atoms with E-state index in [4.69, 9.17) is 15.5 Å². The number of nitrogens with two attached hydrogens (primary N) is 1. The van der Waals surface area contributed by atoms with Crippen molar-refractivity contribution in [3.8, 4) is 17.3 Å². The van der Waals surface area contributed by atoms with Gasteiger partial charge in [0.2, 0.25) is 0 Å². The summed E-state index contributed by atoms with van der Waals surface area (Å²) in [4.78, 5) is 20.3. The first-order chi connectivity index (χ1) is 21.2. The first kappa shape index (κ1) is 29.3. The van der Waals surface area contributed by atoms with Crippen molar-refractivity contribution in [1.82, 2.24) is 19.0 Å². The van der Waals surface area contributed by atoms with Gasteiger partial charge < -0.3 is 24.5 Å². The lowest BCUT2D eigenvalue weighted by molar-refractivity contribution is 0.0606. The lowest BCUT2D eigenvalue weighted by atomic mass is 9.99. The van der Waals surface area contributed by atoms with Crippen LogP contribution in [0.4, 0.5) is 4.39 Å². The van der Waals surface area contributed by atoms with Crippen molar-refractivity contribution in [2.24, 2.45) is 17.6 Å². The summed E-state index contributed by atoms with van der Waals surface area (Å²) < 4.78 is 49.0. The molecule has 3 fully saturated rings.